The molecule has 1 aromatic carbocycles. The molecule has 1 rings (SSSR count). The van der Waals surface area contributed by atoms with Gasteiger partial charge in [-0.1, -0.05) is 29.3 Å². The van der Waals surface area contributed by atoms with Crippen LogP contribution in [0, 0.1) is 5.82 Å². The van der Waals surface area contributed by atoms with Crippen LogP contribution in [0.25, 0.3) is 0 Å². The van der Waals surface area contributed by atoms with Crippen LogP contribution in [0.4, 0.5) is 4.39 Å². The van der Waals surface area contributed by atoms with Gasteiger partial charge in [0.1, 0.15) is 5.82 Å². The fourth-order valence-electron chi connectivity index (χ4n) is 1.66. The van der Waals surface area contributed by atoms with Gasteiger partial charge >= 0.3 is 0 Å². The van der Waals surface area contributed by atoms with Crippen molar-refractivity contribution in [3.63, 3.8) is 0 Å². The fraction of sp³-hybridized carbons (Fsp3) is 0.429. The zero-order chi connectivity index (χ0) is 14.3. The lowest BCUT2D eigenvalue weighted by molar-refractivity contribution is 0.138. The molecule has 1 atom stereocenters. The van der Waals surface area contributed by atoms with Gasteiger partial charge in [-0.3, -0.25) is 0 Å². The van der Waals surface area contributed by atoms with Crippen LogP contribution in [-0.4, -0.2) is 19.8 Å². The van der Waals surface area contributed by atoms with Crippen molar-refractivity contribution in [3.05, 3.63) is 46.2 Å². The Morgan fingerprint density at radius 1 is 1.42 bits per heavy atom. The largest absolute Gasteiger partial charge is 0.380 e. The molecule has 0 bridgehead atoms. The van der Waals surface area contributed by atoms with E-state index in [2.05, 4.69) is 11.9 Å². The van der Waals surface area contributed by atoms with E-state index in [1.165, 1.54) is 12.1 Å². The van der Waals surface area contributed by atoms with Gasteiger partial charge < -0.3 is 10.1 Å². The van der Waals surface area contributed by atoms with E-state index in [1.54, 1.807) is 0 Å². The van der Waals surface area contributed by atoms with Crippen LogP contribution >= 0.6 is 23.2 Å². The molecule has 1 aromatic rings. The smallest absolute Gasteiger partial charge is 0.142 e. The van der Waals surface area contributed by atoms with Gasteiger partial charge in [-0.2, -0.15) is 0 Å². The van der Waals surface area contributed by atoms with Gasteiger partial charge in [0.05, 0.1) is 18.2 Å². The zero-order valence-electron chi connectivity index (χ0n) is 10.9. The van der Waals surface area contributed by atoms with E-state index in [4.69, 9.17) is 27.9 Å². The molecular weight excluding hydrogens is 288 g/mol. The molecule has 1 N–H and O–H groups in total. The molecule has 0 aliphatic heterocycles. The molecule has 5 heteroatoms. The lowest BCUT2D eigenvalue weighted by atomic mass is 10.1. The minimum atomic E-state index is -0.461. The maximum Gasteiger partial charge on any atom is 0.142 e. The van der Waals surface area contributed by atoms with E-state index in [0.29, 0.717) is 30.3 Å². The second-order valence-electron chi connectivity index (χ2n) is 4.12. The van der Waals surface area contributed by atoms with Gasteiger partial charge in [0, 0.05) is 23.2 Å². The zero-order valence-corrected chi connectivity index (χ0v) is 12.4. The number of hydrogen-bond acceptors (Lipinski definition) is 2. The molecule has 0 spiro atoms. The number of nitrogens with one attached hydrogen (secondary N) is 1. The standard InChI is InChI=1S/C14H18Cl2FNO/c1-3-4-8-19-9-7-18-10(2)13-11(15)5-6-12(17)14(13)16/h3,5-6,10,18H,1,4,7-9H2,2H3. The molecule has 0 radical (unpaired) electrons. The molecule has 0 amide bonds. The molecule has 106 valence electrons. The SMILES string of the molecule is C=CCCOCCNC(C)c1c(Cl)ccc(F)c1Cl. The number of ether oxygens (including phenoxy) is 1. The molecule has 0 saturated carbocycles. The Kier molecular flexibility index (Phi) is 7.39. The number of benzene rings is 1. The summed E-state index contributed by atoms with van der Waals surface area (Å²) >= 11 is 12.0. The van der Waals surface area contributed by atoms with E-state index in [0.717, 1.165) is 6.42 Å². The van der Waals surface area contributed by atoms with Crippen molar-refractivity contribution in [3.8, 4) is 0 Å². The third-order valence-corrected chi connectivity index (χ3v) is 3.39. The average molecular weight is 306 g/mol. The molecule has 0 aliphatic rings. The van der Waals surface area contributed by atoms with Crippen LogP contribution in [0.2, 0.25) is 10.0 Å². The van der Waals surface area contributed by atoms with Gasteiger partial charge in [0.25, 0.3) is 0 Å². The second-order valence-corrected chi connectivity index (χ2v) is 4.91. The number of hydrogen-bond donors (Lipinski definition) is 1. The third kappa shape index (κ3) is 5.11. The summed E-state index contributed by atoms with van der Waals surface area (Å²) in [6.07, 6.45) is 2.64. The normalized spacial score (nSPS) is 12.4. The Morgan fingerprint density at radius 3 is 2.84 bits per heavy atom. The van der Waals surface area contributed by atoms with Crippen LogP contribution in [0.1, 0.15) is 24.9 Å². The number of rotatable bonds is 8. The summed E-state index contributed by atoms with van der Waals surface area (Å²) in [7, 11) is 0. The third-order valence-electron chi connectivity index (χ3n) is 2.68. The highest BCUT2D eigenvalue weighted by molar-refractivity contribution is 6.36. The van der Waals surface area contributed by atoms with Crippen molar-refractivity contribution in [1.29, 1.82) is 0 Å². The van der Waals surface area contributed by atoms with Crippen molar-refractivity contribution in [2.75, 3.05) is 19.8 Å². The van der Waals surface area contributed by atoms with Gasteiger partial charge in [-0.05, 0) is 25.5 Å². The van der Waals surface area contributed by atoms with Crippen LogP contribution in [0.15, 0.2) is 24.8 Å². The monoisotopic (exact) mass is 305 g/mol. The summed E-state index contributed by atoms with van der Waals surface area (Å²) < 4.78 is 18.8. The summed E-state index contributed by atoms with van der Waals surface area (Å²) in [5.41, 5.74) is 0.578. The first-order valence-corrected chi connectivity index (χ1v) is 6.89. The fourth-order valence-corrected chi connectivity index (χ4v) is 2.36. The van der Waals surface area contributed by atoms with Gasteiger partial charge in [-0.25, -0.2) is 4.39 Å². The quantitative estimate of drug-likeness (QED) is 0.437. The summed E-state index contributed by atoms with van der Waals surface area (Å²) in [4.78, 5) is 0. The van der Waals surface area contributed by atoms with Gasteiger partial charge in [-0.15, -0.1) is 6.58 Å². The van der Waals surface area contributed by atoms with Crippen LogP contribution in [0.3, 0.4) is 0 Å². The van der Waals surface area contributed by atoms with E-state index >= 15 is 0 Å². The van der Waals surface area contributed by atoms with E-state index in [1.807, 2.05) is 13.0 Å². The predicted molar refractivity (Wildman–Crippen MR) is 78.5 cm³/mol. The Labute approximate surface area is 123 Å². The Balaban J connectivity index is 2.47. The highest BCUT2D eigenvalue weighted by Crippen LogP contribution is 2.32. The van der Waals surface area contributed by atoms with Crippen LogP contribution in [0.5, 0.6) is 0 Å². The first-order chi connectivity index (χ1) is 9.07. The van der Waals surface area contributed by atoms with Crippen molar-refractivity contribution < 1.29 is 9.13 Å². The number of halogens is 3. The lowest BCUT2D eigenvalue weighted by Gasteiger charge is -2.17. The summed E-state index contributed by atoms with van der Waals surface area (Å²) in [5.74, 6) is -0.461. The predicted octanol–water partition coefficient (Wildman–Crippen LogP) is 4.38. The summed E-state index contributed by atoms with van der Waals surface area (Å²) in [6, 6.07) is 2.63. The summed E-state index contributed by atoms with van der Waals surface area (Å²) in [6.45, 7) is 7.37. The maximum atomic E-state index is 13.4. The second kappa shape index (κ2) is 8.54. The highest BCUT2D eigenvalue weighted by atomic mass is 35.5. The van der Waals surface area contributed by atoms with E-state index in [9.17, 15) is 4.39 Å². The molecule has 2 nitrogen and oxygen atoms in total. The Bertz CT molecular complexity index is 426. The van der Waals surface area contributed by atoms with Crippen molar-refractivity contribution in [2.45, 2.75) is 19.4 Å². The van der Waals surface area contributed by atoms with Crippen LogP contribution in [-0.2, 0) is 4.74 Å². The van der Waals surface area contributed by atoms with Crippen LogP contribution < -0.4 is 5.32 Å². The molecule has 19 heavy (non-hydrogen) atoms. The molecular formula is C14H18Cl2FNO. The molecule has 0 saturated heterocycles. The van der Waals surface area contributed by atoms with Gasteiger partial charge in [0.15, 0.2) is 0 Å². The average Bonchev–Trinajstić information content (AvgIpc) is 2.38. The minimum Gasteiger partial charge on any atom is -0.380 e. The van der Waals surface area contributed by atoms with Crippen molar-refractivity contribution >= 4 is 23.2 Å². The van der Waals surface area contributed by atoms with Crippen molar-refractivity contribution in [2.24, 2.45) is 0 Å². The van der Waals surface area contributed by atoms with Gasteiger partial charge in [0.2, 0.25) is 0 Å². The molecule has 0 aromatic heterocycles. The maximum absolute atomic E-state index is 13.4. The molecule has 1 unspecified atom stereocenters. The Morgan fingerprint density at radius 2 is 2.16 bits per heavy atom. The Hall–Kier alpha value is -0.610. The minimum absolute atomic E-state index is 0.0695. The highest BCUT2D eigenvalue weighted by Gasteiger charge is 2.16. The molecule has 0 fully saturated rings. The summed E-state index contributed by atoms with van der Waals surface area (Å²) in [5, 5.41) is 3.73. The van der Waals surface area contributed by atoms with E-state index < -0.39 is 5.82 Å². The topological polar surface area (TPSA) is 21.3 Å². The lowest BCUT2D eigenvalue weighted by Crippen LogP contribution is -2.24. The van der Waals surface area contributed by atoms with E-state index in [-0.39, 0.29) is 11.1 Å². The first kappa shape index (κ1) is 16.4. The first-order valence-electron chi connectivity index (χ1n) is 6.13. The van der Waals surface area contributed by atoms with Crippen molar-refractivity contribution in [1.82, 2.24) is 5.32 Å². The molecule has 0 aliphatic carbocycles. The molecule has 0 heterocycles.